The molecular formula is C26H43NO5. The van der Waals surface area contributed by atoms with Gasteiger partial charge in [-0.25, -0.2) is 0 Å². The Kier molecular flexibility index (Phi) is 5.13. The fourth-order valence-corrected chi connectivity index (χ4v) is 11.3. The van der Waals surface area contributed by atoms with E-state index in [0.29, 0.717) is 41.7 Å². The maximum Gasteiger partial charge on any atom is 0.0802 e. The molecule has 0 N–H and O–H groups in total. The van der Waals surface area contributed by atoms with Gasteiger partial charge in [0.15, 0.2) is 0 Å². The largest absolute Gasteiger partial charge is 0.384 e. The molecule has 1 saturated heterocycles. The summed E-state index contributed by atoms with van der Waals surface area (Å²) in [5, 5.41) is 0. The summed E-state index contributed by atoms with van der Waals surface area (Å²) in [5.41, 5.74) is 0.201. The van der Waals surface area contributed by atoms with Crippen LogP contribution >= 0.6 is 0 Å². The minimum Gasteiger partial charge on any atom is -0.384 e. The highest BCUT2D eigenvalue weighted by Gasteiger charge is 2.84. The molecule has 0 amide bonds. The molecule has 32 heavy (non-hydrogen) atoms. The quantitative estimate of drug-likeness (QED) is 0.596. The van der Waals surface area contributed by atoms with Crippen molar-refractivity contribution in [1.29, 1.82) is 0 Å². The lowest BCUT2D eigenvalue weighted by atomic mass is 9.43. The number of hydrogen-bond acceptors (Lipinski definition) is 6. The normalized spacial score (nSPS) is 57.8. The number of likely N-dealkylation sites (tertiary alicyclic amines) is 1. The summed E-state index contributed by atoms with van der Waals surface area (Å²) in [7, 11) is 9.63. The predicted molar refractivity (Wildman–Crippen MR) is 120 cm³/mol. The Labute approximate surface area is 193 Å². The van der Waals surface area contributed by atoms with E-state index in [9.17, 15) is 0 Å². The first-order valence-electron chi connectivity index (χ1n) is 12.9. The number of ether oxygens (including phenoxy) is 5. The zero-order chi connectivity index (χ0) is 22.5. The Balaban J connectivity index is 1.60. The van der Waals surface area contributed by atoms with E-state index in [0.717, 1.165) is 32.5 Å². The molecule has 0 aromatic heterocycles. The van der Waals surface area contributed by atoms with Gasteiger partial charge in [-0.05, 0) is 44.1 Å². The van der Waals surface area contributed by atoms with Crippen LogP contribution in [0.25, 0.3) is 0 Å². The third-order valence-electron chi connectivity index (χ3n) is 11.7. The van der Waals surface area contributed by atoms with E-state index in [1.54, 1.807) is 0 Å². The zero-order valence-corrected chi connectivity index (χ0v) is 20.8. The van der Waals surface area contributed by atoms with E-state index in [1.165, 1.54) is 19.3 Å². The molecule has 1 spiro atoms. The van der Waals surface area contributed by atoms with Gasteiger partial charge in [-0.2, -0.15) is 0 Å². The van der Waals surface area contributed by atoms with Gasteiger partial charge in [-0.1, -0.05) is 6.92 Å². The molecule has 0 aromatic carbocycles. The molecule has 12 atom stereocenters. The lowest BCUT2D eigenvalue weighted by Gasteiger charge is -2.70. The summed E-state index contributed by atoms with van der Waals surface area (Å²) in [6.07, 6.45) is 6.48. The fraction of sp³-hybridized carbons (Fsp3) is 1.00. The predicted octanol–water partition coefficient (Wildman–Crippen LogP) is 2.84. The number of hydrogen-bond donors (Lipinski definition) is 0. The lowest BCUT2D eigenvalue weighted by Crippen LogP contribution is -2.76. The van der Waals surface area contributed by atoms with Crippen molar-refractivity contribution in [2.75, 3.05) is 55.2 Å². The molecule has 7 bridgehead atoms. The molecule has 6 fully saturated rings. The van der Waals surface area contributed by atoms with Crippen LogP contribution in [0.5, 0.6) is 0 Å². The highest BCUT2D eigenvalue weighted by molar-refractivity contribution is 5.33. The van der Waals surface area contributed by atoms with Crippen LogP contribution in [0.3, 0.4) is 0 Å². The van der Waals surface area contributed by atoms with Crippen LogP contribution < -0.4 is 0 Å². The number of nitrogens with zero attached hydrogens (tertiary/aromatic N) is 1. The molecule has 6 heteroatoms. The number of piperidine rings is 1. The molecule has 1 heterocycles. The molecule has 5 saturated carbocycles. The van der Waals surface area contributed by atoms with Gasteiger partial charge in [-0.15, -0.1) is 0 Å². The van der Waals surface area contributed by atoms with Crippen LogP contribution in [0, 0.1) is 40.4 Å². The van der Waals surface area contributed by atoms with Crippen LogP contribution in [0.1, 0.15) is 39.0 Å². The number of methoxy groups -OCH3 is 5. The average Bonchev–Trinajstić information content (AvgIpc) is 3.26. The summed E-state index contributed by atoms with van der Waals surface area (Å²) in [6.45, 7) is 5.45. The van der Waals surface area contributed by atoms with E-state index >= 15 is 0 Å². The smallest absolute Gasteiger partial charge is 0.0802 e. The second-order valence-corrected chi connectivity index (χ2v) is 11.8. The Morgan fingerprint density at radius 1 is 0.969 bits per heavy atom. The van der Waals surface area contributed by atoms with Crippen molar-refractivity contribution in [3.63, 3.8) is 0 Å². The number of rotatable bonds is 7. The van der Waals surface area contributed by atoms with Crippen LogP contribution in [-0.4, -0.2) is 90.1 Å². The molecule has 6 rings (SSSR count). The van der Waals surface area contributed by atoms with Gasteiger partial charge in [0.05, 0.1) is 30.5 Å². The molecule has 1 unspecified atom stereocenters. The standard InChI is InChI=1S/C26H43NO5/c1-7-27-13-24(14-28-2)9-8-20(30-4)26-16-10-15-18(29-3)12-25(32-6,21(16)22(15)31-5)17(23(26)27)11-19(24)26/h15-23H,7-14H2,1-6H3/t15-,16-,17+,18+,19-,20+,21-,22+,23?,24+,25+,26-/m1/s1. The van der Waals surface area contributed by atoms with Crippen molar-refractivity contribution >= 4 is 0 Å². The minimum atomic E-state index is -0.179. The number of fused-ring (bicyclic) bond motifs is 2. The first-order valence-corrected chi connectivity index (χ1v) is 12.9. The third kappa shape index (κ3) is 2.24. The van der Waals surface area contributed by atoms with Crippen molar-refractivity contribution in [1.82, 2.24) is 4.90 Å². The Hall–Kier alpha value is -0.240. The molecule has 182 valence electrons. The van der Waals surface area contributed by atoms with Crippen molar-refractivity contribution < 1.29 is 23.7 Å². The topological polar surface area (TPSA) is 49.4 Å². The van der Waals surface area contributed by atoms with E-state index in [2.05, 4.69) is 11.8 Å². The van der Waals surface area contributed by atoms with Gasteiger partial charge in [0.1, 0.15) is 0 Å². The Bertz CT molecular complexity index is 750. The van der Waals surface area contributed by atoms with Crippen LogP contribution in [0.15, 0.2) is 0 Å². The van der Waals surface area contributed by atoms with Gasteiger partial charge in [0.25, 0.3) is 0 Å². The molecule has 5 aliphatic carbocycles. The minimum absolute atomic E-state index is 0.158. The van der Waals surface area contributed by atoms with E-state index in [1.807, 2.05) is 35.5 Å². The van der Waals surface area contributed by atoms with Gasteiger partial charge < -0.3 is 23.7 Å². The van der Waals surface area contributed by atoms with E-state index < -0.39 is 0 Å². The highest BCUT2D eigenvalue weighted by Crippen LogP contribution is 2.79. The van der Waals surface area contributed by atoms with Gasteiger partial charge >= 0.3 is 0 Å². The van der Waals surface area contributed by atoms with Crippen LogP contribution in [0.4, 0.5) is 0 Å². The SMILES string of the molecule is CCN1C[C@]2(COC)CC[C@H](OC)[C@]34C1[C@H](C[C@H]23)[C@@]1(OC)C[C@H](OC)[C@H]2C[C@@H]4[C@@H]1[C@H]2OC. The molecule has 6 nitrogen and oxygen atoms in total. The summed E-state index contributed by atoms with van der Waals surface area (Å²) in [4.78, 5) is 2.82. The molecule has 1 aliphatic heterocycles. The second kappa shape index (κ2) is 7.38. The summed E-state index contributed by atoms with van der Waals surface area (Å²) >= 11 is 0. The van der Waals surface area contributed by atoms with Crippen LogP contribution in [0.2, 0.25) is 0 Å². The molecule has 6 aliphatic rings. The maximum absolute atomic E-state index is 6.72. The summed E-state index contributed by atoms with van der Waals surface area (Å²) in [6, 6.07) is 0.515. The van der Waals surface area contributed by atoms with E-state index in [4.69, 9.17) is 23.7 Å². The van der Waals surface area contributed by atoms with Crippen molar-refractivity contribution in [2.24, 2.45) is 40.4 Å². The Morgan fingerprint density at radius 2 is 1.78 bits per heavy atom. The second-order valence-electron chi connectivity index (χ2n) is 11.8. The van der Waals surface area contributed by atoms with Crippen molar-refractivity contribution in [3.8, 4) is 0 Å². The monoisotopic (exact) mass is 449 g/mol. The summed E-state index contributed by atoms with van der Waals surface area (Å²) in [5.74, 6) is 2.54. The average molecular weight is 450 g/mol. The first-order chi connectivity index (χ1) is 15.5. The molecular weight excluding hydrogens is 406 g/mol. The van der Waals surface area contributed by atoms with Gasteiger partial charge in [-0.3, -0.25) is 4.90 Å². The van der Waals surface area contributed by atoms with Crippen LogP contribution in [-0.2, 0) is 23.7 Å². The van der Waals surface area contributed by atoms with Crippen molar-refractivity contribution in [2.45, 2.75) is 69.0 Å². The van der Waals surface area contributed by atoms with Gasteiger partial charge in [0.2, 0.25) is 0 Å². The highest BCUT2D eigenvalue weighted by atomic mass is 16.5. The molecule has 0 radical (unpaired) electrons. The molecule has 0 aromatic rings. The summed E-state index contributed by atoms with van der Waals surface area (Å²) < 4.78 is 31.6. The van der Waals surface area contributed by atoms with E-state index in [-0.39, 0.29) is 28.6 Å². The lowest BCUT2D eigenvalue weighted by molar-refractivity contribution is -0.283. The third-order valence-corrected chi connectivity index (χ3v) is 11.7. The Morgan fingerprint density at radius 3 is 2.41 bits per heavy atom. The first kappa shape index (κ1) is 22.2. The zero-order valence-electron chi connectivity index (χ0n) is 20.8. The van der Waals surface area contributed by atoms with Crippen molar-refractivity contribution in [3.05, 3.63) is 0 Å². The fourth-order valence-electron chi connectivity index (χ4n) is 11.3. The maximum atomic E-state index is 6.72. The van der Waals surface area contributed by atoms with Gasteiger partial charge in [0, 0.05) is 83.1 Å².